The van der Waals surface area contributed by atoms with Gasteiger partial charge in [0, 0.05) is 19.0 Å². The number of hydrogen-bond donors (Lipinski definition) is 2. The second-order valence-corrected chi connectivity index (χ2v) is 8.32. The number of rotatable bonds is 10. The van der Waals surface area contributed by atoms with Crippen LogP contribution in [0.2, 0.25) is 0 Å². The molecule has 0 heterocycles. The summed E-state index contributed by atoms with van der Waals surface area (Å²) >= 11 is 0. The Hall–Kier alpha value is -2.45. The highest BCUT2D eigenvalue weighted by Gasteiger charge is 2.15. The molecule has 0 atom stereocenters. The number of halogens is 1. The van der Waals surface area contributed by atoms with Gasteiger partial charge in [-0.3, -0.25) is 4.79 Å². The van der Waals surface area contributed by atoms with E-state index < -0.39 is 10.0 Å². The molecule has 2 rings (SSSR count). The third-order valence-corrected chi connectivity index (χ3v) is 5.38. The van der Waals surface area contributed by atoms with Crippen molar-refractivity contribution < 1.29 is 22.3 Å². The molecule has 0 aromatic heterocycles. The minimum atomic E-state index is -3.57. The third kappa shape index (κ3) is 7.28. The van der Waals surface area contributed by atoms with Crippen LogP contribution in [0.5, 0.6) is 5.75 Å². The molecule has 0 aliphatic rings. The first-order valence-corrected chi connectivity index (χ1v) is 10.5. The molecule has 28 heavy (non-hydrogen) atoms. The molecule has 0 bridgehead atoms. The first-order chi connectivity index (χ1) is 13.3. The van der Waals surface area contributed by atoms with Crippen LogP contribution in [0.3, 0.4) is 0 Å². The van der Waals surface area contributed by atoms with Crippen molar-refractivity contribution in [2.45, 2.75) is 44.2 Å². The number of carbonyl (C=O) groups excluding carboxylic acids is 1. The number of sulfonamides is 1. The summed E-state index contributed by atoms with van der Waals surface area (Å²) in [4.78, 5) is 12.1. The number of nitrogens with one attached hydrogen (secondary N) is 2. The fraction of sp³-hybridized carbons (Fsp3) is 0.350. The van der Waals surface area contributed by atoms with Crippen molar-refractivity contribution in [2.24, 2.45) is 0 Å². The molecule has 0 aliphatic heterocycles. The zero-order valence-corrected chi connectivity index (χ0v) is 16.8. The van der Waals surface area contributed by atoms with Crippen molar-refractivity contribution in [3.8, 4) is 5.75 Å². The molecule has 0 spiro atoms. The van der Waals surface area contributed by atoms with E-state index in [1.807, 2.05) is 0 Å². The smallest absolute Gasteiger partial charge is 0.240 e. The summed E-state index contributed by atoms with van der Waals surface area (Å²) in [6.07, 6.45) is 0.782. The Morgan fingerprint density at radius 1 is 1.14 bits per heavy atom. The summed E-state index contributed by atoms with van der Waals surface area (Å²) in [5, 5.41) is 2.77. The van der Waals surface area contributed by atoms with Crippen LogP contribution in [0, 0.1) is 5.82 Å². The largest absolute Gasteiger partial charge is 0.494 e. The third-order valence-electron chi connectivity index (χ3n) is 3.72. The van der Waals surface area contributed by atoms with Crippen molar-refractivity contribution in [3.05, 3.63) is 59.9 Å². The van der Waals surface area contributed by atoms with Crippen LogP contribution in [0.1, 0.15) is 32.3 Å². The Balaban J connectivity index is 1.76. The van der Waals surface area contributed by atoms with E-state index in [4.69, 9.17) is 4.74 Å². The average molecular weight is 408 g/mol. The molecule has 2 aromatic rings. The molecular formula is C20H25FN2O4S. The summed E-state index contributed by atoms with van der Waals surface area (Å²) in [5.74, 6) is 0.0645. The number of carbonyl (C=O) groups is 1. The molecule has 0 saturated carbocycles. The molecule has 152 valence electrons. The van der Waals surface area contributed by atoms with E-state index in [1.54, 1.807) is 32.0 Å². The van der Waals surface area contributed by atoms with Gasteiger partial charge in [-0.25, -0.2) is 17.5 Å². The van der Waals surface area contributed by atoms with Gasteiger partial charge in [-0.1, -0.05) is 12.1 Å². The normalized spacial score (nSPS) is 11.4. The fourth-order valence-electron chi connectivity index (χ4n) is 2.44. The van der Waals surface area contributed by atoms with E-state index in [0.717, 1.165) is 0 Å². The van der Waals surface area contributed by atoms with Crippen molar-refractivity contribution in [1.29, 1.82) is 0 Å². The Bertz CT molecular complexity index is 883. The fourth-order valence-corrected chi connectivity index (χ4v) is 3.76. The lowest BCUT2D eigenvalue weighted by atomic mass is 10.2. The van der Waals surface area contributed by atoms with Crippen molar-refractivity contribution in [1.82, 2.24) is 10.0 Å². The molecule has 2 aromatic carbocycles. The Morgan fingerprint density at radius 3 is 2.54 bits per heavy atom. The zero-order valence-electron chi connectivity index (χ0n) is 15.9. The molecule has 0 saturated heterocycles. The van der Waals surface area contributed by atoms with Gasteiger partial charge in [0.05, 0.1) is 11.5 Å². The summed E-state index contributed by atoms with van der Waals surface area (Å²) in [6, 6.07) is 11.9. The molecule has 2 N–H and O–H groups in total. The van der Waals surface area contributed by atoms with Gasteiger partial charge in [-0.15, -0.1) is 0 Å². The zero-order chi connectivity index (χ0) is 20.6. The van der Waals surface area contributed by atoms with Gasteiger partial charge in [0.1, 0.15) is 11.6 Å². The highest BCUT2D eigenvalue weighted by Crippen LogP contribution is 2.13. The lowest BCUT2D eigenvalue weighted by Crippen LogP contribution is -2.30. The molecular weight excluding hydrogens is 383 g/mol. The second kappa shape index (κ2) is 10.2. The summed E-state index contributed by atoms with van der Waals surface area (Å²) in [6.45, 7) is 4.08. The molecule has 8 heteroatoms. The second-order valence-electron chi connectivity index (χ2n) is 6.61. The lowest BCUT2D eigenvalue weighted by Gasteiger charge is -2.11. The van der Waals surface area contributed by atoms with Crippen molar-refractivity contribution >= 4 is 15.9 Å². The topological polar surface area (TPSA) is 84.5 Å². The molecule has 0 unspecified atom stereocenters. The highest BCUT2D eigenvalue weighted by molar-refractivity contribution is 7.89. The number of benzene rings is 2. The van der Waals surface area contributed by atoms with E-state index in [2.05, 4.69) is 10.0 Å². The van der Waals surface area contributed by atoms with E-state index in [1.165, 1.54) is 30.3 Å². The van der Waals surface area contributed by atoms with Crippen LogP contribution >= 0.6 is 0 Å². The first kappa shape index (κ1) is 21.8. The Labute approximate surface area is 165 Å². The van der Waals surface area contributed by atoms with Crippen LogP contribution < -0.4 is 14.8 Å². The highest BCUT2D eigenvalue weighted by atomic mass is 32.2. The van der Waals surface area contributed by atoms with Crippen LogP contribution in [-0.4, -0.2) is 27.0 Å². The predicted molar refractivity (Wildman–Crippen MR) is 105 cm³/mol. The van der Waals surface area contributed by atoms with Crippen LogP contribution in [0.4, 0.5) is 4.39 Å². The predicted octanol–water partition coefficient (Wildman–Crippen LogP) is 2.99. The van der Waals surface area contributed by atoms with E-state index in [0.29, 0.717) is 24.3 Å². The van der Waals surface area contributed by atoms with Gasteiger partial charge in [-0.2, -0.15) is 0 Å². The first-order valence-electron chi connectivity index (χ1n) is 9.02. The van der Waals surface area contributed by atoms with Gasteiger partial charge in [0.2, 0.25) is 15.9 Å². The molecule has 0 aliphatic carbocycles. The maximum absolute atomic E-state index is 12.8. The SMILES string of the molecule is CC(C)NS(=O)(=O)c1cccc(CNC(=O)CCCOc2ccc(F)cc2)c1. The minimum Gasteiger partial charge on any atom is -0.494 e. The lowest BCUT2D eigenvalue weighted by molar-refractivity contribution is -0.121. The average Bonchev–Trinajstić information content (AvgIpc) is 2.64. The number of hydrogen-bond acceptors (Lipinski definition) is 4. The van der Waals surface area contributed by atoms with Crippen molar-refractivity contribution in [2.75, 3.05) is 6.61 Å². The maximum Gasteiger partial charge on any atom is 0.240 e. The van der Waals surface area contributed by atoms with Gasteiger partial charge < -0.3 is 10.1 Å². The minimum absolute atomic E-state index is 0.156. The van der Waals surface area contributed by atoms with Crippen LogP contribution in [-0.2, 0) is 21.4 Å². The maximum atomic E-state index is 12.8. The summed E-state index contributed by atoms with van der Waals surface area (Å²) < 4.78 is 45.2. The van der Waals surface area contributed by atoms with E-state index in [9.17, 15) is 17.6 Å². The monoisotopic (exact) mass is 408 g/mol. The van der Waals surface area contributed by atoms with Gasteiger partial charge in [0.15, 0.2) is 0 Å². The Kier molecular flexibility index (Phi) is 7.95. The molecule has 0 fully saturated rings. The van der Waals surface area contributed by atoms with Crippen LogP contribution in [0.25, 0.3) is 0 Å². The van der Waals surface area contributed by atoms with E-state index in [-0.39, 0.29) is 35.6 Å². The number of ether oxygens (including phenoxy) is 1. The standard InChI is InChI=1S/C20H25FN2O4S/c1-15(2)23-28(25,26)19-6-3-5-16(13-19)14-22-20(24)7-4-12-27-18-10-8-17(21)9-11-18/h3,5-6,8-11,13,15,23H,4,7,12,14H2,1-2H3,(H,22,24). The van der Waals surface area contributed by atoms with Gasteiger partial charge >= 0.3 is 0 Å². The quantitative estimate of drug-likeness (QED) is 0.592. The Morgan fingerprint density at radius 2 is 1.86 bits per heavy atom. The van der Waals surface area contributed by atoms with Gasteiger partial charge in [0.25, 0.3) is 0 Å². The van der Waals surface area contributed by atoms with Gasteiger partial charge in [-0.05, 0) is 62.2 Å². The molecule has 6 nitrogen and oxygen atoms in total. The van der Waals surface area contributed by atoms with E-state index >= 15 is 0 Å². The van der Waals surface area contributed by atoms with Crippen molar-refractivity contribution in [3.63, 3.8) is 0 Å². The summed E-state index contributed by atoms with van der Waals surface area (Å²) in [7, 11) is -3.57. The van der Waals surface area contributed by atoms with Crippen LogP contribution in [0.15, 0.2) is 53.4 Å². The molecule has 0 radical (unpaired) electrons. The summed E-state index contributed by atoms with van der Waals surface area (Å²) in [5.41, 5.74) is 0.697. The number of amides is 1. The molecule has 1 amide bonds.